The van der Waals surface area contributed by atoms with Crippen LogP contribution in [0.1, 0.15) is 113 Å². The average molecular weight is 413 g/mol. The Labute approximate surface area is 189 Å². The largest absolute Gasteiger partial charge is 0.0852 e. The SMILES string of the molecule is CC.CC(C)[C@@H](C)/C=C/[C@@H](C)C1CCC2C3=CCC4CCCC[C@]4(C)C3CC[C@@]21C. The monoisotopic (exact) mass is 412 g/mol. The first kappa shape index (κ1) is 24.1. The van der Waals surface area contributed by atoms with Crippen LogP contribution in [0.15, 0.2) is 23.8 Å². The van der Waals surface area contributed by atoms with Gasteiger partial charge in [-0.15, -0.1) is 0 Å². The Morgan fingerprint density at radius 2 is 1.53 bits per heavy atom. The zero-order valence-corrected chi connectivity index (χ0v) is 21.6. The van der Waals surface area contributed by atoms with Crippen molar-refractivity contribution in [3.05, 3.63) is 23.8 Å². The second-order valence-corrected chi connectivity index (χ2v) is 12.1. The minimum atomic E-state index is 0.547. The van der Waals surface area contributed by atoms with Crippen molar-refractivity contribution in [3.63, 3.8) is 0 Å². The second-order valence-electron chi connectivity index (χ2n) is 12.1. The van der Waals surface area contributed by atoms with Crippen molar-refractivity contribution in [1.29, 1.82) is 0 Å². The number of allylic oxidation sites excluding steroid dienone is 4. The van der Waals surface area contributed by atoms with Crippen molar-refractivity contribution in [2.24, 2.45) is 52.3 Å². The van der Waals surface area contributed by atoms with E-state index in [-0.39, 0.29) is 0 Å². The van der Waals surface area contributed by atoms with Gasteiger partial charge in [-0.2, -0.15) is 0 Å². The Morgan fingerprint density at radius 3 is 2.23 bits per heavy atom. The standard InChI is InChI=1S/C28H46.C2H6/c1-19(2)20(3)10-11-21(4)24-14-15-25-23-13-12-22-9-7-8-17-27(22,5)26(23)16-18-28(24,25)6;1-2/h10-11,13,19-22,24-26H,7-9,12,14-18H2,1-6H3;1-2H3/b11-10+;/t20-,21+,22?,24?,25?,26?,27-,28+;/m0./s1. The molecular formula is C30H52. The van der Waals surface area contributed by atoms with Crippen molar-refractivity contribution in [3.8, 4) is 0 Å². The van der Waals surface area contributed by atoms with Gasteiger partial charge in [0.05, 0.1) is 0 Å². The molecule has 0 aromatic heterocycles. The van der Waals surface area contributed by atoms with Crippen molar-refractivity contribution in [2.45, 2.75) is 113 Å². The van der Waals surface area contributed by atoms with Gasteiger partial charge in [0.1, 0.15) is 0 Å². The Balaban J connectivity index is 0.00000124. The lowest BCUT2D eigenvalue weighted by atomic mass is 9.48. The van der Waals surface area contributed by atoms with Crippen LogP contribution in [-0.2, 0) is 0 Å². The van der Waals surface area contributed by atoms with E-state index in [1.54, 1.807) is 0 Å². The van der Waals surface area contributed by atoms with Crippen LogP contribution in [0.3, 0.4) is 0 Å². The topological polar surface area (TPSA) is 0 Å². The fraction of sp³-hybridized carbons (Fsp3) is 0.867. The molecule has 4 rings (SSSR count). The predicted molar refractivity (Wildman–Crippen MR) is 133 cm³/mol. The molecule has 30 heavy (non-hydrogen) atoms. The normalized spacial score (nSPS) is 42.5. The van der Waals surface area contributed by atoms with Crippen LogP contribution in [-0.4, -0.2) is 0 Å². The summed E-state index contributed by atoms with van der Waals surface area (Å²) in [6.07, 6.45) is 21.1. The molecule has 0 N–H and O–H groups in total. The molecule has 0 amide bonds. The number of hydrogen-bond donors (Lipinski definition) is 0. The van der Waals surface area contributed by atoms with E-state index in [9.17, 15) is 0 Å². The first-order chi connectivity index (χ1) is 14.3. The summed E-state index contributed by atoms with van der Waals surface area (Å²) >= 11 is 0. The third-order valence-electron chi connectivity index (χ3n) is 10.5. The van der Waals surface area contributed by atoms with Crippen molar-refractivity contribution in [1.82, 2.24) is 0 Å². The zero-order chi connectivity index (χ0) is 22.1. The van der Waals surface area contributed by atoms with Crippen molar-refractivity contribution >= 4 is 0 Å². The fourth-order valence-electron chi connectivity index (χ4n) is 8.16. The van der Waals surface area contributed by atoms with E-state index in [4.69, 9.17) is 0 Å². The molecule has 0 aliphatic heterocycles. The molecule has 172 valence electrons. The molecule has 0 bridgehead atoms. The Hall–Kier alpha value is -0.520. The van der Waals surface area contributed by atoms with Crippen molar-refractivity contribution in [2.75, 3.05) is 0 Å². The average Bonchev–Trinajstić information content (AvgIpc) is 3.10. The van der Waals surface area contributed by atoms with E-state index in [0.29, 0.717) is 16.7 Å². The molecule has 4 unspecified atom stereocenters. The molecule has 0 aromatic carbocycles. The lowest BCUT2D eigenvalue weighted by Crippen LogP contribution is -2.48. The van der Waals surface area contributed by atoms with Crippen molar-refractivity contribution < 1.29 is 0 Å². The molecule has 0 radical (unpaired) electrons. The van der Waals surface area contributed by atoms with E-state index >= 15 is 0 Å². The van der Waals surface area contributed by atoms with Crippen LogP contribution in [0.2, 0.25) is 0 Å². The van der Waals surface area contributed by atoms with Gasteiger partial charge in [-0.25, -0.2) is 0 Å². The molecular weight excluding hydrogens is 360 g/mol. The molecule has 4 aliphatic rings. The van der Waals surface area contributed by atoms with Gasteiger partial charge in [-0.3, -0.25) is 0 Å². The molecule has 0 heteroatoms. The highest BCUT2D eigenvalue weighted by molar-refractivity contribution is 5.27. The zero-order valence-electron chi connectivity index (χ0n) is 21.6. The van der Waals surface area contributed by atoms with Gasteiger partial charge in [-0.05, 0) is 97.2 Å². The second kappa shape index (κ2) is 9.54. The Kier molecular flexibility index (Phi) is 7.67. The smallest absolute Gasteiger partial charge is 0.0143 e. The lowest BCUT2D eigenvalue weighted by Gasteiger charge is -2.57. The van der Waals surface area contributed by atoms with Crippen LogP contribution in [0.25, 0.3) is 0 Å². The molecule has 8 atom stereocenters. The summed E-state index contributed by atoms with van der Waals surface area (Å²) in [7, 11) is 0. The molecule has 4 aliphatic carbocycles. The first-order valence-electron chi connectivity index (χ1n) is 13.7. The lowest BCUT2D eigenvalue weighted by molar-refractivity contribution is -0.00481. The fourth-order valence-corrected chi connectivity index (χ4v) is 8.16. The third-order valence-corrected chi connectivity index (χ3v) is 10.5. The van der Waals surface area contributed by atoms with Gasteiger partial charge >= 0.3 is 0 Å². The van der Waals surface area contributed by atoms with E-state index < -0.39 is 0 Å². The van der Waals surface area contributed by atoms with Gasteiger partial charge in [0.15, 0.2) is 0 Å². The highest BCUT2D eigenvalue weighted by atomic mass is 14.6. The predicted octanol–water partition coefficient (Wildman–Crippen LogP) is 9.47. The summed E-state index contributed by atoms with van der Waals surface area (Å²) in [6.45, 7) is 19.0. The first-order valence-corrected chi connectivity index (χ1v) is 13.7. The van der Waals surface area contributed by atoms with Crippen LogP contribution >= 0.6 is 0 Å². The van der Waals surface area contributed by atoms with Crippen LogP contribution in [0.4, 0.5) is 0 Å². The van der Waals surface area contributed by atoms with E-state index in [2.05, 4.69) is 59.8 Å². The maximum atomic E-state index is 2.77. The van der Waals surface area contributed by atoms with Crippen LogP contribution in [0, 0.1) is 52.3 Å². The van der Waals surface area contributed by atoms with Gasteiger partial charge in [0.2, 0.25) is 0 Å². The maximum Gasteiger partial charge on any atom is -0.0143 e. The summed E-state index contributed by atoms with van der Waals surface area (Å²) in [5.41, 5.74) is 3.11. The molecule has 3 fully saturated rings. The Bertz CT molecular complexity index is 624. The summed E-state index contributed by atoms with van der Waals surface area (Å²) in [6, 6.07) is 0. The third kappa shape index (κ3) is 4.11. The highest BCUT2D eigenvalue weighted by Crippen LogP contribution is 2.66. The molecule has 0 heterocycles. The van der Waals surface area contributed by atoms with Gasteiger partial charge in [0, 0.05) is 0 Å². The summed E-state index contributed by atoms with van der Waals surface area (Å²) in [4.78, 5) is 0. The van der Waals surface area contributed by atoms with Gasteiger partial charge < -0.3 is 0 Å². The molecule has 0 spiro atoms. The Morgan fingerprint density at radius 1 is 0.833 bits per heavy atom. The van der Waals surface area contributed by atoms with Crippen LogP contribution in [0.5, 0.6) is 0 Å². The van der Waals surface area contributed by atoms with E-state index in [0.717, 1.165) is 35.5 Å². The number of fused-ring (bicyclic) bond motifs is 5. The summed E-state index contributed by atoms with van der Waals surface area (Å²) in [5.74, 6) is 5.84. The molecule has 0 aromatic rings. The number of rotatable bonds is 4. The number of hydrogen-bond acceptors (Lipinski definition) is 0. The minimum Gasteiger partial charge on any atom is -0.0852 e. The molecule has 3 saturated carbocycles. The van der Waals surface area contributed by atoms with E-state index in [1.165, 1.54) is 57.8 Å². The summed E-state index contributed by atoms with van der Waals surface area (Å²) in [5, 5.41) is 0. The summed E-state index contributed by atoms with van der Waals surface area (Å²) < 4.78 is 0. The molecule has 0 nitrogen and oxygen atoms in total. The minimum absolute atomic E-state index is 0.547. The van der Waals surface area contributed by atoms with Gasteiger partial charge in [-0.1, -0.05) is 92.0 Å². The highest BCUT2D eigenvalue weighted by Gasteiger charge is 2.57. The van der Waals surface area contributed by atoms with Crippen LogP contribution < -0.4 is 0 Å². The quantitative estimate of drug-likeness (QED) is 0.403. The maximum absolute atomic E-state index is 2.77. The van der Waals surface area contributed by atoms with E-state index in [1.807, 2.05) is 19.4 Å². The molecule has 0 saturated heterocycles. The van der Waals surface area contributed by atoms with Gasteiger partial charge in [0.25, 0.3) is 0 Å².